The number of amides is 1. The number of anilines is 1. The Kier molecular flexibility index (Phi) is 4.84. The summed E-state index contributed by atoms with van der Waals surface area (Å²) in [5, 5.41) is 15.5. The summed E-state index contributed by atoms with van der Waals surface area (Å²) in [6.07, 6.45) is 3.06. The third-order valence-corrected chi connectivity index (χ3v) is 4.48. The predicted molar refractivity (Wildman–Crippen MR) is 99.8 cm³/mol. The predicted octanol–water partition coefficient (Wildman–Crippen LogP) is 2.47. The molecule has 0 radical (unpaired) electrons. The van der Waals surface area contributed by atoms with Crippen molar-refractivity contribution in [3.8, 4) is 5.69 Å². The van der Waals surface area contributed by atoms with Crippen molar-refractivity contribution in [3.05, 3.63) is 76.4 Å². The molecule has 2 aromatic carbocycles. The molecule has 0 fully saturated rings. The lowest BCUT2D eigenvalue weighted by molar-refractivity contribution is -0.384. The summed E-state index contributed by atoms with van der Waals surface area (Å²) < 4.78 is 1.64. The molecular formula is C18H18N6O3. The number of aromatic nitrogens is 3. The van der Waals surface area contributed by atoms with Crippen LogP contribution in [0.4, 0.5) is 11.4 Å². The number of nitrogens with zero attached hydrogens (tertiary/aromatic N) is 5. The molecule has 0 aliphatic carbocycles. The van der Waals surface area contributed by atoms with Crippen LogP contribution in [0.5, 0.6) is 0 Å². The molecule has 9 heteroatoms. The van der Waals surface area contributed by atoms with Gasteiger partial charge in [0.1, 0.15) is 18.3 Å². The molecule has 138 valence electrons. The Morgan fingerprint density at radius 1 is 1.26 bits per heavy atom. The fourth-order valence-electron chi connectivity index (χ4n) is 2.80. The van der Waals surface area contributed by atoms with E-state index in [0.717, 1.165) is 11.3 Å². The normalized spacial score (nSPS) is 11.8. The molecule has 1 heterocycles. The van der Waals surface area contributed by atoms with E-state index in [1.807, 2.05) is 31.2 Å². The number of nitrogens with two attached hydrogens (primary N) is 1. The molecule has 0 aliphatic heterocycles. The van der Waals surface area contributed by atoms with Gasteiger partial charge >= 0.3 is 0 Å². The van der Waals surface area contributed by atoms with E-state index < -0.39 is 10.8 Å². The van der Waals surface area contributed by atoms with E-state index in [0.29, 0.717) is 5.69 Å². The number of nitro benzene ring substituents is 1. The maximum Gasteiger partial charge on any atom is 0.293 e. The molecule has 1 atom stereocenters. The number of benzene rings is 2. The molecule has 0 unspecified atom stereocenters. The van der Waals surface area contributed by atoms with Crippen molar-refractivity contribution in [1.29, 1.82) is 0 Å². The minimum Gasteiger partial charge on any atom is -0.366 e. The molecule has 0 bridgehead atoms. The van der Waals surface area contributed by atoms with Gasteiger partial charge in [0, 0.05) is 18.7 Å². The van der Waals surface area contributed by atoms with Crippen molar-refractivity contribution in [2.75, 3.05) is 11.9 Å². The van der Waals surface area contributed by atoms with E-state index in [-0.39, 0.29) is 17.3 Å². The third kappa shape index (κ3) is 3.61. The van der Waals surface area contributed by atoms with Gasteiger partial charge in [0.05, 0.1) is 16.7 Å². The van der Waals surface area contributed by atoms with Crippen LogP contribution in [0, 0.1) is 10.1 Å². The van der Waals surface area contributed by atoms with Gasteiger partial charge < -0.3 is 10.6 Å². The zero-order chi connectivity index (χ0) is 19.6. The van der Waals surface area contributed by atoms with Gasteiger partial charge in [-0.1, -0.05) is 12.1 Å². The Morgan fingerprint density at radius 2 is 1.96 bits per heavy atom. The van der Waals surface area contributed by atoms with E-state index in [9.17, 15) is 14.9 Å². The Hall–Kier alpha value is -3.75. The smallest absolute Gasteiger partial charge is 0.293 e. The van der Waals surface area contributed by atoms with Gasteiger partial charge in [-0.05, 0) is 36.8 Å². The van der Waals surface area contributed by atoms with Crippen LogP contribution in [-0.2, 0) is 0 Å². The fraction of sp³-hybridized carbons (Fsp3) is 0.167. The zero-order valence-corrected chi connectivity index (χ0v) is 14.8. The van der Waals surface area contributed by atoms with E-state index in [2.05, 4.69) is 10.1 Å². The lowest BCUT2D eigenvalue weighted by Gasteiger charge is -2.27. The number of carbonyl (C=O) groups excluding carboxylic acids is 1. The third-order valence-electron chi connectivity index (χ3n) is 4.48. The number of rotatable bonds is 6. The van der Waals surface area contributed by atoms with Crippen molar-refractivity contribution in [1.82, 2.24) is 14.8 Å². The van der Waals surface area contributed by atoms with Crippen molar-refractivity contribution >= 4 is 17.3 Å². The molecule has 0 aliphatic rings. The summed E-state index contributed by atoms with van der Waals surface area (Å²) in [6.45, 7) is 1.94. The SMILES string of the molecule is C[C@H](c1ccc(-n2cncn2)cc1)N(C)c1ccc(C(N)=O)cc1[N+](=O)[O-]. The van der Waals surface area contributed by atoms with Gasteiger partial charge in [0.15, 0.2) is 0 Å². The average Bonchev–Trinajstić information content (AvgIpc) is 3.21. The lowest BCUT2D eigenvalue weighted by atomic mass is 10.0. The number of primary amides is 1. The fourth-order valence-corrected chi connectivity index (χ4v) is 2.80. The van der Waals surface area contributed by atoms with Crippen LogP contribution in [0.3, 0.4) is 0 Å². The van der Waals surface area contributed by atoms with E-state index in [1.54, 1.807) is 29.0 Å². The summed E-state index contributed by atoms with van der Waals surface area (Å²) in [5.74, 6) is -0.705. The van der Waals surface area contributed by atoms with E-state index in [4.69, 9.17) is 5.73 Å². The number of hydrogen-bond acceptors (Lipinski definition) is 6. The number of hydrogen-bond donors (Lipinski definition) is 1. The second-order valence-corrected chi connectivity index (χ2v) is 6.04. The molecule has 3 aromatic rings. The van der Waals surface area contributed by atoms with Crippen LogP contribution in [-0.4, -0.2) is 32.6 Å². The molecule has 0 spiro atoms. The first-order valence-corrected chi connectivity index (χ1v) is 8.14. The summed E-state index contributed by atoms with van der Waals surface area (Å²) >= 11 is 0. The number of nitro groups is 1. The second-order valence-electron chi connectivity index (χ2n) is 6.04. The maximum absolute atomic E-state index is 11.4. The largest absolute Gasteiger partial charge is 0.366 e. The monoisotopic (exact) mass is 366 g/mol. The summed E-state index contributed by atoms with van der Waals surface area (Å²) in [7, 11) is 1.77. The summed E-state index contributed by atoms with van der Waals surface area (Å²) in [5.41, 5.74) is 7.39. The highest BCUT2D eigenvalue weighted by Crippen LogP contribution is 2.33. The molecule has 3 rings (SSSR count). The quantitative estimate of drug-likeness (QED) is 0.528. The minimum absolute atomic E-state index is 0.101. The van der Waals surface area contributed by atoms with Gasteiger partial charge in [-0.15, -0.1) is 0 Å². The second kappa shape index (κ2) is 7.24. The first kappa shape index (κ1) is 18.1. The van der Waals surface area contributed by atoms with Gasteiger partial charge in [-0.3, -0.25) is 14.9 Å². The Morgan fingerprint density at radius 3 is 2.52 bits per heavy atom. The standard InChI is InChI=1S/C18H18N6O3/c1-12(13-3-6-15(7-4-13)23-11-20-10-21-23)22(2)16-8-5-14(18(19)25)9-17(16)24(26)27/h3-12H,1-2H3,(H2,19,25)/t12-/m1/s1. The summed E-state index contributed by atoms with van der Waals surface area (Å²) in [4.78, 5) is 27.9. The Balaban J connectivity index is 1.90. The van der Waals surface area contributed by atoms with Crippen molar-refractivity contribution in [2.45, 2.75) is 13.0 Å². The van der Waals surface area contributed by atoms with Crippen LogP contribution >= 0.6 is 0 Å². The van der Waals surface area contributed by atoms with E-state index >= 15 is 0 Å². The van der Waals surface area contributed by atoms with Crippen molar-refractivity contribution in [3.63, 3.8) is 0 Å². The van der Waals surface area contributed by atoms with Crippen molar-refractivity contribution < 1.29 is 9.72 Å². The van der Waals surface area contributed by atoms with Gasteiger partial charge in [-0.25, -0.2) is 9.67 Å². The van der Waals surface area contributed by atoms with Gasteiger partial charge in [-0.2, -0.15) is 5.10 Å². The molecule has 1 amide bonds. The molecule has 2 N–H and O–H groups in total. The first-order chi connectivity index (χ1) is 12.9. The summed E-state index contributed by atoms with van der Waals surface area (Å²) in [6, 6.07) is 11.8. The molecule has 1 aromatic heterocycles. The Labute approximate surface area is 155 Å². The molecule has 9 nitrogen and oxygen atoms in total. The maximum atomic E-state index is 11.4. The van der Waals surface area contributed by atoms with Gasteiger partial charge in [0.2, 0.25) is 5.91 Å². The van der Waals surface area contributed by atoms with Crippen LogP contribution in [0.1, 0.15) is 28.9 Å². The van der Waals surface area contributed by atoms with E-state index in [1.165, 1.54) is 18.5 Å². The highest BCUT2D eigenvalue weighted by molar-refractivity contribution is 5.94. The average molecular weight is 366 g/mol. The van der Waals surface area contributed by atoms with Crippen LogP contribution in [0.2, 0.25) is 0 Å². The van der Waals surface area contributed by atoms with Gasteiger partial charge in [0.25, 0.3) is 5.69 Å². The molecule has 0 saturated carbocycles. The molecular weight excluding hydrogens is 348 g/mol. The molecule has 0 saturated heterocycles. The molecule has 27 heavy (non-hydrogen) atoms. The van der Waals surface area contributed by atoms with Crippen LogP contribution < -0.4 is 10.6 Å². The topological polar surface area (TPSA) is 120 Å². The highest BCUT2D eigenvalue weighted by atomic mass is 16.6. The zero-order valence-electron chi connectivity index (χ0n) is 14.8. The Bertz CT molecular complexity index is 969. The van der Waals surface area contributed by atoms with Crippen LogP contribution in [0.25, 0.3) is 5.69 Å². The first-order valence-electron chi connectivity index (χ1n) is 8.14. The van der Waals surface area contributed by atoms with Crippen molar-refractivity contribution in [2.24, 2.45) is 5.73 Å². The van der Waals surface area contributed by atoms with Crippen LogP contribution in [0.15, 0.2) is 55.1 Å². The minimum atomic E-state index is -0.705. The number of carbonyl (C=O) groups is 1. The lowest BCUT2D eigenvalue weighted by Crippen LogP contribution is -2.23. The highest BCUT2D eigenvalue weighted by Gasteiger charge is 2.23.